The lowest BCUT2D eigenvalue weighted by Gasteiger charge is -2.21. The number of carbonyl (C=O) groups is 1. The summed E-state index contributed by atoms with van der Waals surface area (Å²) in [5.41, 5.74) is 0.252. The van der Waals surface area contributed by atoms with Gasteiger partial charge >= 0.3 is 0 Å². The van der Waals surface area contributed by atoms with Crippen molar-refractivity contribution in [3.05, 3.63) is 53.9 Å². The largest absolute Gasteiger partial charge is 0.341 e. The second-order valence-corrected chi connectivity index (χ2v) is 7.53. The molecule has 1 atom stereocenters. The first-order valence-corrected chi connectivity index (χ1v) is 8.97. The van der Waals surface area contributed by atoms with Crippen LogP contribution >= 0.6 is 0 Å². The zero-order valence-electron chi connectivity index (χ0n) is 13.6. The summed E-state index contributed by atoms with van der Waals surface area (Å²) in [4.78, 5) is 16.4. The van der Waals surface area contributed by atoms with Crippen molar-refractivity contribution in [3.63, 3.8) is 0 Å². The highest BCUT2D eigenvalue weighted by Gasteiger charge is 2.25. The van der Waals surface area contributed by atoms with Crippen LogP contribution in [0.1, 0.15) is 17.4 Å². The Bertz CT molecular complexity index is 835. The van der Waals surface area contributed by atoms with Gasteiger partial charge in [0.05, 0.1) is 12.8 Å². The number of rotatable bonds is 6. The van der Waals surface area contributed by atoms with Crippen LogP contribution in [0.3, 0.4) is 0 Å². The molecule has 0 unspecified atom stereocenters. The summed E-state index contributed by atoms with van der Waals surface area (Å²) in [6, 6.07) is 5.22. The van der Waals surface area contributed by atoms with Gasteiger partial charge in [-0.3, -0.25) is 4.79 Å². The van der Waals surface area contributed by atoms with Crippen molar-refractivity contribution in [1.29, 1.82) is 0 Å². The summed E-state index contributed by atoms with van der Waals surface area (Å²) < 4.78 is 39.6. The fraction of sp³-hybridized carbons (Fsp3) is 0.333. The molecule has 2 aromatic rings. The lowest BCUT2D eigenvalue weighted by atomic mass is 10.1. The van der Waals surface area contributed by atoms with Crippen LogP contribution in [-0.2, 0) is 21.9 Å². The van der Waals surface area contributed by atoms with Crippen molar-refractivity contribution in [2.24, 2.45) is 7.05 Å². The van der Waals surface area contributed by atoms with Crippen LogP contribution in [0.15, 0.2) is 36.7 Å². The molecule has 0 aliphatic heterocycles. The van der Waals surface area contributed by atoms with Gasteiger partial charge < -0.3 is 9.88 Å². The molecule has 0 aliphatic rings. The van der Waals surface area contributed by atoms with Gasteiger partial charge in [0.1, 0.15) is 17.7 Å². The Morgan fingerprint density at radius 1 is 1.42 bits per heavy atom. The number of aryl methyl sites for hydroxylation is 1. The van der Waals surface area contributed by atoms with Gasteiger partial charge in [0.15, 0.2) is 0 Å². The van der Waals surface area contributed by atoms with E-state index in [2.05, 4.69) is 10.3 Å². The maximum Gasteiger partial charge on any atom is 0.236 e. The van der Waals surface area contributed by atoms with Gasteiger partial charge in [-0.25, -0.2) is 17.8 Å². The van der Waals surface area contributed by atoms with Crippen molar-refractivity contribution in [2.75, 3.05) is 19.8 Å². The van der Waals surface area contributed by atoms with Crippen LogP contribution < -0.4 is 5.32 Å². The number of likely N-dealkylation sites (N-methyl/N-ethyl adjacent to an activating group) is 1. The molecule has 0 saturated carbocycles. The predicted molar refractivity (Wildman–Crippen MR) is 87.1 cm³/mol. The lowest BCUT2D eigenvalue weighted by Crippen LogP contribution is -2.40. The van der Waals surface area contributed by atoms with Crippen LogP contribution in [-0.4, -0.2) is 48.0 Å². The highest BCUT2D eigenvalue weighted by atomic mass is 32.2. The number of benzene rings is 1. The van der Waals surface area contributed by atoms with Crippen molar-refractivity contribution >= 4 is 15.9 Å². The van der Waals surface area contributed by atoms with Crippen LogP contribution in [0, 0.1) is 5.82 Å². The molecule has 2 rings (SSSR count). The van der Waals surface area contributed by atoms with E-state index in [1.54, 1.807) is 36.0 Å². The molecule has 0 fully saturated rings. The minimum absolute atomic E-state index is 0.252. The number of halogens is 1. The van der Waals surface area contributed by atoms with Crippen molar-refractivity contribution in [1.82, 2.24) is 19.2 Å². The average Bonchev–Trinajstić information content (AvgIpc) is 2.90. The maximum absolute atomic E-state index is 14.2. The number of aromatic nitrogens is 2. The SMILES string of the molecule is CN(CC(=O)N[C@H](c1ccccc1F)c1nccn1C)S(C)(=O)=O. The van der Waals surface area contributed by atoms with E-state index in [9.17, 15) is 17.6 Å². The summed E-state index contributed by atoms with van der Waals surface area (Å²) in [7, 11) is -0.464. The monoisotopic (exact) mass is 354 g/mol. The third-order valence-electron chi connectivity index (χ3n) is 3.57. The Hall–Kier alpha value is -2.26. The molecule has 0 saturated heterocycles. The maximum atomic E-state index is 14.2. The summed E-state index contributed by atoms with van der Waals surface area (Å²) in [6.45, 7) is -0.367. The minimum Gasteiger partial charge on any atom is -0.341 e. The van der Waals surface area contributed by atoms with E-state index in [4.69, 9.17) is 0 Å². The molecule has 7 nitrogen and oxygen atoms in total. The number of imidazole rings is 1. The van der Waals surface area contributed by atoms with Crippen LogP contribution in [0.2, 0.25) is 0 Å². The molecule has 0 radical (unpaired) electrons. The molecule has 24 heavy (non-hydrogen) atoms. The molecule has 1 aromatic carbocycles. The van der Waals surface area contributed by atoms with Crippen LogP contribution in [0.25, 0.3) is 0 Å². The van der Waals surface area contributed by atoms with Crippen LogP contribution in [0.4, 0.5) is 4.39 Å². The lowest BCUT2D eigenvalue weighted by molar-refractivity contribution is -0.121. The van der Waals surface area contributed by atoms with E-state index in [1.807, 2.05) is 0 Å². The van der Waals surface area contributed by atoms with Gasteiger partial charge in [0.25, 0.3) is 0 Å². The quantitative estimate of drug-likeness (QED) is 0.826. The number of nitrogens with zero attached hydrogens (tertiary/aromatic N) is 3. The average molecular weight is 354 g/mol. The second-order valence-electron chi connectivity index (χ2n) is 5.44. The number of nitrogens with one attached hydrogen (secondary N) is 1. The zero-order valence-corrected chi connectivity index (χ0v) is 14.4. The first-order chi connectivity index (χ1) is 11.2. The second kappa shape index (κ2) is 7.10. The number of hydrogen-bond donors (Lipinski definition) is 1. The Balaban J connectivity index is 2.30. The molecule has 0 spiro atoms. The molecule has 1 heterocycles. The summed E-state index contributed by atoms with van der Waals surface area (Å²) in [5.74, 6) is -0.600. The third-order valence-corrected chi connectivity index (χ3v) is 4.83. The first-order valence-electron chi connectivity index (χ1n) is 7.12. The fourth-order valence-corrected chi connectivity index (χ4v) is 2.52. The number of carbonyl (C=O) groups excluding carboxylic acids is 1. The van der Waals surface area contributed by atoms with E-state index < -0.39 is 27.8 Å². The molecule has 130 valence electrons. The van der Waals surface area contributed by atoms with Crippen molar-refractivity contribution in [2.45, 2.75) is 6.04 Å². The Morgan fingerprint density at radius 3 is 2.62 bits per heavy atom. The van der Waals surface area contributed by atoms with Crippen molar-refractivity contribution < 1.29 is 17.6 Å². The Kier molecular flexibility index (Phi) is 5.35. The molecule has 1 amide bonds. The highest BCUT2D eigenvalue weighted by Crippen LogP contribution is 2.23. The van der Waals surface area contributed by atoms with E-state index >= 15 is 0 Å². The molecule has 1 N–H and O–H groups in total. The third kappa shape index (κ3) is 4.18. The Morgan fingerprint density at radius 2 is 2.08 bits per heavy atom. The normalized spacial score (nSPS) is 13.0. The highest BCUT2D eigenvalue weighted by molar-refractivity contribution is 7.88. The van der Waals surface area contributed by atoms with Gasteiger partial charge in [-0.1, -0.05) is 18.2 Å². The number of sulfonamides is 1. The predicted octanol–water partition coefficient (Wildman–Crippen LogP) is 0.656. The summed E-state index contributed by atoms with van der Waals surface area (Å²) in [5, 5.41) is 2.65. The van der Waals surface area contributed by atoms with E-state index in [-0.39, 0.29) is 12.1 Å². The standard InChI is InChI=1S/C15H19FN4O3S/c1-19-9-8-17-15(19)14(11-6-4-5-7-12(11)16)18-13(21)10-20(2)24(3,22)23/h4-9,14H,10H2,1-3H3,(H,18,21)/t14-/m1/s1. The molecule has 9 heteroatoms. The fourth-order valence-electron chi connectivity index (χ4n) is 2.17. The van der Waals surface area contributed by atoms with E-state index in [0.29, 0.717) is 5.82 Å². The number of hydrogen-bond acceptors (Lipinski definition) is 4. The van der Waals surface area contributed by atoms with Gasteiger partial charge in [0, 0.05) is 32.1 Å². The Labute approximate surface area is 140 Å². The number of amides is 1. The smallest absolute Gasteiger partial charge is 0.236 e. The zero-order chi connectivity index (χ0) is 17.9. The minimum atomic E-state index is -3.49. The van der Waals surface area contributed by atoms with Gasteiger partial charge in [-0.05, 0) is 6.07 Å². The molecule has 0 aliphatic carbocycles. The van der Waals surface area contributed by atoms with Gasteiger partial charge in [0.2, 0.25) is 15.9 Å². The van der Waals surface area contributed by atoms with E-state index in [1.165, 1.54) is 19.3 Å². The van der Waals surface area contributed by atoms with E-state index in [0.717, 1.165) is 10.6 Å². The molecular weight excluding hydrogens is 335 g/mol. The van der Waals surface area contributed by atoms with Crippen LogP contribution in [0.5, 0.6) is 0 Å². The first kappa shape index (κ1) is 18.1. The molecule has 0 bridgehead atoms. The van der Waals surface area contributed by atoms with Gasteiger partial charge in [-0.2, -0.15) is 4.31 Å². The van der Waals surface area contributed by atoms with Gasteiger partial charge in [-0.15, -0.1) is 0 Å². The topological polar surface area (TPSA) is 84.3 Å². The molecular formula is C15H19FN4O3S. The summed E-state index contributed by atoms with van der Waals surface area (Å²) >= 11 is 0. The van der Waals surface area contributed by atoms with Crippen molar-refractivity contribution in [3.8, 4) is 0 Å². The molecule has 1 aromatic heterocycles. The summed E-state index contributed by atoms with van der Waals surface area (Å²) in [6.07, 6.45) is 4.23.